The predicted octanol–water partition coefficient (Wildman–Crippen LogP) is 3.85. The van der Waals surface area contributed by atoms with Gasteiger partial charge in [-0.25, -0.2) is 9.79 Å². The topological polar surface area (TPSA) is 97.3 Å². The third kappa shape index (κ3) is 5.67. The largest absolute Gasteiger partial charge is 0.497 e. The first kappa shape index (κ1) is 23.3. The molecule has 0 radical (unpaired) electrons. The molecule has 0 aromatic heterocycles. The van der Waals surface area contributed by atoms with Crippen molar-refractivity contribution in [3.05, 3.63) is 54.1 Å². The molecule has 1 N–H and O–H groups in total. The van der Waals surface area contributed by atoms with Gasteiger partial charge in [0.2, 0.25) is 11.8 Å². The third-order valence-electron chi connectivity index (χ3n) is 4.68. The first-order valence-electron chi connectivity index (χ1n) is 10.2. The van der Waals surface area contributed by atoms with Gasteiger partial charge in [-0.1, -0.05) is 11.8 Å². The molecule has 168 valence electrons. The highest BCUT2D eigenvalue weighted by atomic mass is 32.2. The van der Waals surface area contributed by atoms with E-state index in [-0.39, 0.29) is 18.2 Å². The van der Waals surface area contributed by atoms with E-state index in [0.717, 1.165) is 0 Å². The fraction of sp³-hybridized carbons (Fsp3) is 0.304. The molecule has 0 spiro atoms. The molecule has 1 aliphatic rings. The van der Waals surface area contributed by atoms with Gasteiger partial charge in [0, 0.05) is 18.7 Å². The van der Waals surface area contributed by atoms with Gasteiger partial charge in [-0.05, 0) is 62.4 Å². The summed E-state index contributed by atoms with van der Waals surface area (Å²) in [5.41, 5.74) is 1.68. The summed E-state index contributed by atoms with van der Waals surface area (Å²) in [6.45, 7) is 4.36. The number of rotatable bonds is 8. The van der Waals surface area contributed by atoms with Crippen molar-refractivity contribution in [3.63, 3.8) is 0 Å². The molecule has 1 atom stereocenters. The highest BCUT2D eigenvalue weighted by molar-refractivity contribution is 8.15. The maximum atomic E-state index is 12.8. The standard InChI is InChI=1S/C23H25N3O5S/c1-4-26-21(28)19(14-20(27)24-16-10-12-18(30-3)13-11-16)32-23(26)25-17-8-6-15(7-9-17)22(29)31-5-2/h6-13,19H,4-5,14H2,1-3H3,(H,24,27)/t19-/m0/s1. The number of thioether (sulfide) groups is 1. The molecular formula is C23H25N3O5S. The van der Waals surface area contributed by atoms with E-state index in [0.29, 0.717) is 41.0 Å². The summed E-state index contributed by atoms with van der Waals surface area (Å²) in [6.07, 6.45) is 0.0346. The Bertz CT molecular complexity index is 1010. The fourth-order valence-electron chi connectivity index (χ4n) is 3.07. The number of hydrogen-bond donors (Lipinski definition) is 1. The molecule has 9 heteroatoms. The summed E-state index contributed by atoms with van der Waals surface area (Å²) in [6, 6.07) is 13.6. The normalized spacial score (nSPS) is 16.8. The number of nitrogens with one attached hydrogen (secondary N) is 1. The molecule has 0 unspecified atom stereocenters. The van der Waals surface area contributed by atoms with Gasteiger partial charge in [0.05, 0.1) is 25.0 Å². The van der Waals surface area contributed by atoms with E-state index < -0.39 is 11.2 Å². The van der Waals surface area contributed by atoms with E-state index in [1.54, 1.807) is 67.5 Å². The molecule has 3 rings (SSSR count). The number of aliphatic imine (C=N–C) groups is 1. The Kier molecular flexibility index (Phi) is 7.88. The van der Waals surface area contributed by atoms with Crippen molar-refractivity contribution in [1.82, 2.24) is 4.90 Å². The van der Waals surface area contributed by atoms with E-state index in [2.05, 4.69) is 10.3 Å². The van der Waals surface area contributed by atoms with Crippen molar-refractivity contribution < 1.29 is 23.9 Å². The van der Waals surface area contributed by atoms with Crippen LogP contribution in [0.15, 0.2) is 53.5 Å². The Morgan fingerprint density at radius 3 is 2.38 bits per heavy atom. The highest BCUT2D eigenvalue weighted by Crippen LogP contribution is 2.32. The Morgan fingerprint density at radius 1 is 1.09 bits per heavy atom. The number of amidine groups is 1. The van der Waals surface area contributed by atoms with Crippen molar-refractivity contribution in [2.24, 2.45) is 4.99 Å². The van der Waals surface area contributed by atoms with E-state index in [1.807, 2.05) is 6.92 Å². The number of esters is 1. The number of carbonyl (C=O) groups excluding carboxylic acids is 3. The molecule has 1 aliphatic heterocycles. The van der Waals surface area contributed by atoms with Crippen LogP contribution in [0.1, 0.15) is 30.6 Å². The number of hydrogen-bond acceptors (Lipinski definition) is 7. The van der Waals surface area contributed by atoms with E-state index in [9.17, 15) is 14.4 Å². The Hall–Kier alpha value is -3.33. The van der Waals surface area contributed by atoms with Gasteiger partial charge >= 0.3 is 5.97 Å². The second-order valence-corrected chi connectivity index (χ2v) is 8.00. The van der Waals surface area contributed by atoms with E-state index >= 15 is 0 Å². The summed E-state index contributed by atoms with van der Waals surface area (Å²) >= 11 is 1.26. The van der Waals surface area contributed by atoms with Crippen LogP contribution in [0.4, 0.5) is 11.4 Å². The SMILES string of the molecule is CCOC(=O)c1ccc(N=C2S[C@@H](CC(=O)Nc3ccc(OC)cc3)C(=O)N2CC)cc1. The van der Waals surface area contributed by atoms with Crippen LogP contribution < -0.4 is 10.1 Å². The lowest BCUT2D eigenvalue weighted by molar-refractivity contribution is -0.128. The van der Waals surface area contributed by atoms with Crippen molar-refractivity contribution >= 4 is 46.1 Å². The minimum atomic E-state index is -0.550. The maximum absolute atomic E-state index is 12.8. The van der Waals surface area contributed by atoms with Crippen LogP contribution in [-0.4, -0.2) is 53.4 Å². The molecular weight excluding hydrogens is 430 g/mol. The minimum absolute atomic E-state index is 0.0346. The molecule has 2 aromatic carbocycles. The van der Waals surface area contributed by atoms with Gasteiger partial charge in [-0.2, -0.15) is 0 Å². The lowest BCUT2D eigenvalue weighted by Crippen LogP contribution is -2.33. The van der Waals surface area contributed by atoms with Crippen LogP contribution in [0, 0.1) is 0 Å². The van der Waals surface area contributed by atoms with Gasteiger partial charge in [0.15, 0.2) is 5.17 Å². The van der Waals surface area contributed by atoms with Gasteiger partial charge in [0.1, 0.15) is 11.0 Å². The predicted molar refractivity (Wildman–Crippen MR) is 125 cm³/mol. The fourth-order valence-corrected chi connectivity index (χ4v) is 4.29. The second-order valence-electron chi connectivity index (χ2n) is 6.83. The zero-order chi connectivity index (χ0) is 23.1. The zero-order valence-corrected chi connectivity index (χ0v) is 19.0. The van der Waals surface area contributed by atoms with Gasteiger partial charge in [-0.15, -0.1) is 0 Å². The lowest BCUT2D eigenvalue weighted by atomic mass is 10.2. The molecule has 1 heterocycles. The quantitative estimate of drug-likeness (QED) is 0.607. The molecule has 1 saturated heterocycles. The first-order chi connectivity index (χ1) is 15.4. The molecule has 8 nitrogen and oxygen atoms in total. The summed E-state index contributed by atoms with van der Waals surface area (Å²) in [5.74, 6) is -0.101. The first-order valence-corrected chi connectivity index (χ1v) is 11.1. The number of anilines is 1. The second kappa shape index (κ2) is 10.8. The smallest absolute Gasteiger partial charge is 0.338 e. The molecule has 0 bridgehead atoms. The van der Waals surface area contributed by atoms with Crippen LogP contribution in [0.2, 0.25) is 0 Å². The summed E-state index contributed by atoms with van der Waals surface area (Å²) in [7, 11) is 1.57. The Morgan fingerprint density at radius 2 is 1.78 bits per heavy atom. The number of amides is 2. The monoisotopic (exact) mass is 455 g/mol. The van der Waals surface area contributed by atoms with Gasteiger partial charge in [-0.3, -0.25) is 14.5 Å². The van der Waals surface area contributed by atoms with Crippen LogP contribution in [-0.2, 0) is 14.3 Å². The molecule has 2 aromatic rings. The maximum Gasteiger partial charge on any atom is 0.338 e. The third-order valence-corrected chi connectivity index (χ3v) is 5.86. The summed E-state index contributed by atoms with van der Waals surface area (Å²) in [4.78, 5) is 43.2. The van der Waals surface area contributed by atoms with Crippen molar-refractivity contribution in [2.45, 2.75) is 25.5 Å². The highest BCUT2D eigenvalue weighted by Gasteiger charge is 2.38. The summed E-state index contributed by atoms with van der Waals surface area (Å²) < 4.78 is 10.1. The van der Waals surface area contributed by atoms with Crippen LogP contribution in [0.5, 0.6) is 5.75 Å². The number of carbonyl (C=O) groups is 3. The van der Waals surface area contributed by atoms with Crippen molar-refractivity contribution in [1.29, 1.82) is 0 Å². The Labute approximate surface area is 191 Å². The molecule has 0 saturated carbocycles. The average Bonchev–Trinajstić information content (AvgIpc) is 3.08. The minimum Gasteiger partial charge on any atom is -0.497 e. The van der Waals surface area contributed by atoms with Crippen LogP contribution in [0.25, 0.3) is 0 Å². The van der Waals surface area contributed by atoms with E-state index in [1.165, 1.54) is 11.8 Å². The van der Waals surface area contributed by atoms with E-state index in [4.69, 9.17) is 9.47 Å². The molecule has 1 fully saturated rings. The average molecular weight is 456 g/mol. The van der Waals surface area contributed by atoms with Crippen molar-refractivity contribution in [3.8, 4) is 5.75 Å². The number of ether oxygens (including phenoxy) is 2. The summed E-state index contributed by atoms with van der Waals surface area (Å²) in [5, 5.41) is 2.78. The molecule has 0 aliphatic carbocycles. The number of benzene rings is 2. The lowest BCUT2D eigenvalue weighted by Gasteiger charge is -2.13. The van der Waals surface area contributed by atoms with Crippen molar-refractivity contribution in [2.75, 3.05) is 25.6 Å². The molecule has 2 amide bonds. The number of nitrogens with zero attached hydrogens (tertiary/aromatic N) is 2. The Balaban J connectivity index is 1.66. The van der Waals surface area contributed by atoms with Crippen LogP contribution in [0.3, 0.4) is 0 Å². The van der Waals surface area contributed by atoms with Gasteiger partial charge < -0.3 is 14.8 Å². The zero-order valence-electron chi connectivity index (χ0n) is 18.2. The van der Waals surface area contributed by atoms with Crippen LogP contribution >= 0.6 is 11.8 Å². The van der Waals surface area contributed by atoms with Gasteiger partial charge in [0.25, 0.3) is 0 Å². The number of methoxy groups -OCH3 is 1. The molecule has 32 heavy (non-hydrogen) atoms.